The molecule has 0 bridgehead atoms. The zero-order valence-corrected chi connectivity index (χ0v) is 33.5. The molecule has 1 heterocycles. The first-order valence-corrected chi connectivity index (χ1v) is 22.4. The minimum Gasteiger partial charge on any atom is -0.311 e. The third-order valence-electron chi connectivity index (χ3n) is 12.1. The molecule has 0 atom stereocenters. The fourth-order valence-corrected chi connectivity index (χ4v) is 14.6. The molecule has 11 rings (SSSR count). The highest BCUT2D eigenvalue weighted by molar-refractivity contribution is 7.21. The van der Waals surface area contributed by atoms with Crippen LogP contribution in [-0.2, 0) is 0 Å². The van der Waals surface area contributed by atoms with Crippen molar-refractivity contribution in [1.29, 1.82) is 0 Å². The Hall–Kier alpha value is -7.46. The lowest BCUT2D eigenvalue weighted by Gasteiger charge is -2.45. The van der Waals surface area contributed by atoms with Crippen LogP contribution in [0.25, 0.3) is 32.7 Å². The van der Waals surface area contributed by atoms with Crippen LogP contribution in [0.15, 0.2) is 243 Å². The molecule has 0 aliphatic carbocycles. The Morgan fingerprint density at radius 2 is 0.881 bits per heavy atom. The van der Waals surface area contributed by atoms with Crippen molar-refractivity contribution in [1.82, 2.24) is 0 Å². The molecule has 0 amide bonds. The molecule has 1 aliphatic heterocycles. The predicted octanol–water partition coefficient (Wildman–Crippen LogP) is 12.3. The molecule has 59 heavy (non-hydrogen) atoms. The average Bonchev–Trinajstić information content (AvgIpc) is 3.32. The molecule has 0 saturated heterocycles. The number of rotatable bonds is 7. The van der Waals surface area contributed by atoms with Crippen molar-refractivity contribution in [2.24, 2.45) is 0 Å². The maximum Gasteiger partial charge on any atom is 0.184 e. The minimum atomic E-state index is -2.84. The first-order chi connectivity index (χ1) is 29.3. The first-order valence-electron chi connectivity index (χ1n) is 20.4. The van der Waals surface area contributed by atoms with Gasteiger partial charge in [-0.25, -0.2) is 0 Å². The Balaban J connectivity index is 1.18. The Bertz CT molecular complexity index is 3060. The van der Waals surface area contributed by atoms with Crippen LogP contribution >= 0.6 is 0 Å². The van der Waals surface area contributed by atoms with Gasteiger partial charge in [-0.3, -0.25) is 0 Å². The molecule has 0 N–H and O–H groups in total. The standard InChI is InChI=1S/C56H40N2Si/c1-4-22-44(23-5-1)58-53-31-14-15-33-55(53)59(47-24-6-2-7-25-47,48-26-8-3-9-27-48)56-39-38-46(40-54(56)58)57(52-32-17-21-42-19-11-13-29-51(42)52)45-36-34-43(35-37-45)50-30-16-20-41-18-10-12-28-49(41)50/h1-40H. The van der Waals surface area contributed by atoms with Gasteiger partial charge in [0.2, 0.25) is 0 Å². The van der Waals surface area contributed by atoms with Gasteiger partial charge in [-0.1, -0.05) is 194 Å². The van der Waals surface area contributed by atoms with Crippen molar-refractivity contribution in [2.45, 2.75) is 0 Å². The summed E-state index contributed by atoms with van der Waals surface area (Å²) in [6, 6.07) is 89.5. The molecular weight excluding hydrogens is 729 g/mol. The van der Waals surface area contributed by atoms with Crippen LogP contribution in [0.3, 0.4) is 0 Å². The lowest BCUT2D eigenvalue weighted by Crippen LogP contribution is -2.77. The van der Waals surface area contributed by atoms with E-state index in [0.29, 0.717) is 0 Å². The predicted molar refractivity (Wildman–Crippen MR) is 253 cm³/mol. The summed E-state index contributed by atoms with van der Waals surface area (Å²) >= 11 is 0. The SMILES string of the molecule is c1ccc(N2c3ccccc3[Si](c3ccccc3)(c3ccccc3)c3ccc(N(c4ccc(-c5cccc6ccccc56)cc4)c4cccc5ccccc45)cc32)cc1. The normalized spacial score (nSPS) is 12.8. The fraction of sp³-hybridized carbons (Fsp3) is 0. The van der Waals surface area contributed by atoms with E-state index in [2.05, 4.69) is 252 Å². The summed E-state index contributed by atoms with van der Waals surface area (Å²) in [4.78, 5) is 4.95. The smallest absolute Gasteiger partial charge is 0.184 e. The number of benzene rings is 10. The summed E-state index contributed by atoms with van der Waals surface area (Å²) in [7, 11) is -2.84. The summed E-state index contributed by atoms with van der Waals surface area (Å²) in [5, 5.41) is 10.4. The molecule has 278 valence electrons. The first kappa shape index (κ1) is 34.8. The second-order valence-electron chi connectivity index (χ2n) is 15.3. The lowest BCUT2D eigenvalue weighted by molar-refractivity contribution is 1.26. The molecule has 10 aromatic carbocycles. The molecule has 3 heteroatoms. The molecule has 0 aromatic heterocycles. The van der Waals surface area contributed by atoms with Gasteiger partial charge in [-0.05, 0) is 96.6 Å². The van der Waals surface area contributed by atoms with Gasteiger partial charge in [0.25, 0.3) is 0 Å². The van der Waals surface area contributed by atoms with Crippen LogP contribution in [-0.4, -0.2) is 8.07 Å². The van der Waals surface area contributed by atoms with Crippen molar-refractivity contribution >= 4 is 84.5 Å². The zero-order valence-electron chi connectivity index (χ0n) is 32.5. The highest BCUT2D eigenvalue weighted by atomic mass is 28.3. The monoisotopic (exact) mass is 768 g/mol. The minimum absolute atomic E-state index is 1.10. The molecule has 10 aromatic rings. The van der Waals surface area contributed by atoms with Crippen molar-refractivity contribution in [3.63, 3.8) is 0 Å². The van der Waals surface area contributed by atoms with Gasteiger partial charge in [0.05, 0.1) is 5.69 Å². The molecule has 1 aliphatic rings. The summed E-state index contributed by atoms with van der Waals surface area (Å²) in [5.74, 6) is 0. The van der Waals surface area contributed by atoms with Crippen molar-refractivity contribution in [2.75, 3.05) is 9.80 Å². The second-order valence-corrected chi connectivity index (χ2v) is 19.0. The van der Waals surface area contributed by atoms with Gasteiger partial charge < -0.3 is 9.80 Å². The highest BCUT2D eigenvalue weighted by Crippen LogP contribution is 2.44. The summed E-state index contributed by atoms with van der Waals surface area (Å²) in [5.41, 5.74) is 9.33. The average molecular weight is 769 g/mol. The van der Waals surface area contributed by atoms with Gasteiger partial charge in [-0.15, -0.1) is 0 Å². The fourth-order valence-electron chi connectivity index (χ4n) is 9.54. The van der Waals surface area contributed by atoms with E-state index in [4.69, 9.17) is 0 Å². The molecule has 2 nitrogen and oxygen atoms in total. The third-order valence-corrected chi connectivity index (χ3v) is 17.0. The van der Waals surface area contributed by atoms with E-state index in [0.717, 1.165) is 22.7 Å². The van der Waals surface area contributed by atoms with Crippen molar-refractivity contribution < 1.29 is 0 Å². The largest absolute Gasteiger partial charge is 0.311 e. The zero-order chi connectivity index (χ0) is 39.2. The summed E-state index contributed by atoms with van der Waals surface area (Å²) < 4.78 is 0. The number of nitrogens with zero attached hydrogens (tertiary/aromatic N) is 2. The maximum absolute atomic E-state index is 2.84. The van der Waals surface area contributed by atoms with Crippen LogP contribution in [0.2, 0.25) is 0 Å². The van der Waals surface area contributed by atoms with Crippen molar-refractivity contribution in [3.05, 3.63) is 243 Å². The topological polar surface area (TPSA) is 6.48 Å². The van der Waals surface area contributed by atoms with Gasteiger partial charge in [-0.2, -0.15) is 0 Å². The van der Waals surface area contributed by atoms with Crippen LogP contribution in [0.1, 0.15) is 0 Å². The maximum atomic E-state index is 2.50. The van der Waals surface area contributed by atoms with Gasteiger partial charge in [0.15, 0.2) is 8.07 Å². The van der Waals surface area contributed by atoms with Crippen LogP contribution in [0.5, 0.6) is 0 Å². The Morgan fingerprint density at radius 1 is 0.356 bits per heavy atom. The number of fused-ring (bicyclic) bond motifs is 4. The van der Waals surface area contributed by atoms with E-state index in [1.54, 1.807) is 0 Å². The highest BCUT2D eigenvalue weighted by Gasteiger charge is 2.49. The number of anilines is 6. The van der Waals surface area contributed by atoms with E-state index in [-0.39, 0.29) is 0 Å². The second kappa shape index (κ2) is 14.5. The van der Waals surface area contributed by atoms with E-state index >= 15 is 0 Å². The Labute approximate surface area is 346 Å². The van der Waals surface area contributed by atoms with Crippen molar-refractivity contribution in [3.8, 4) is 11.1 Å². The van der Waals surface area contributed by atoms with E-state index in [1.807, 2.05) is 0 Å². The van der Waals surface area contributed by atoms with Crippen LogP contribution in [0.4, 0.5) is 34.1 Å². The van der Waals surface area contributed by atoms with Crippen LogP contribution < -0.4 is 30.5 Å². The Morgan fingerprint density at radius 3 is 1.59 bits per heavy atom. The quantitative estimate of drug-likeness (QED) is 0.149. The summed E-state index contributed by atoms with van der Waals surface area (Å²) in [6.07, 6.45) is 0. The Kier molecular flexibility index (Phi) is 8.53. The molecule has 0 fully saturated rings. The van der Waals surface area contributed by atoms with Gasteiger partial charge >= 0.3 is 0 Å². The van der Waals surface area contributed by atoms with Gasteiger partial charge in [0.1, 0.15) is 0 Å². The number of hydrogen-bond donors (Lipinski definition) is 0. The lowest BCUT2D eigenvalue weighted by atomic mass is 9.98. The van der Waals surface area contributed by atoms with E-state index in [1.165, 1.54) is 64.8 Å². The molecule has 0 saturated carbocycles. The van der Waals surface area contributed by atoms with E-state index < -0.39 is 8.07 Å². The molecule has 0 spiro atoms. The molecular formula is C56H40N2Si. The molecule has 0 unspecified atom stereocenters. The van der Waals surface area contributed by atoms with E-state index in [9.17, 15) is 0 Å². The van der Waals surface area contributed by atoms with Gasteiger partial charge in [0, 0.05) is 33.8 Å². The number of hydrogen-bond acceptors (Lipinski definition) is 2. The molecule has 0 radical (unpaired) electrons. The summed E-state index contributed by atoms with van der Waals surface area (Å²) in [6.45, 7) is 0. The van der Waals surface area contributed by atoms with Crippen LogP contribution in [0, 0.1) is 0 Å². The third kappa shape index (κ3) is 5.70. The number of para-hydroxylation sites is 2.